The number of nitrogens with zero attached hydrogens (tertiary/aromatic N) is 1. The smallest absolute Gasteiger partial charge is 0.159 e. The van der Waals surface area contributed by atoms with Crippen LogP contribution in [0.15, 0.2) is 214 Å². The van der Waals surface area contributed by atoms with Gasteiger partial charge in [0.2, 0.25) is 0 Å². The van der Waals surface area contributed by atoms with E-state index in [9.17, 15) is 0 Å². The van der Waals surface area contributed by atoms with Gasteiger partial charge < -0.3 is 9.32 Å². The third-order valence-electron chi connectivity index (χ3n) is 11.9. The number of hydrogen-bond donors (Lipinski definition) is 0. The summed E-state index contributed by atoms with van der Waals surface area (Å²) in [6.45, 7) is 0. The summed E-state index contributed by atoms with van der Waals surface area (Å²) in [7, 11) is 0. The van der Waals surface area contributed by atoms with Gasteiger partial charge in [-0.05, 0) is 104 Å². The van der Waals surface area contributed by atoms with Crippen molar-refractivity contribution in [2.24, 2.45) is 0 Å². The third kappa shape index (κ3) is 4.35. The SMILES string of the molecule is c1ccc(N(c2ccc(-c3cc4c(c5ccccc35)Sc3ccccc3C43c4ccccc4-c4ccccc43)cc2)c2cccc3c2oc2ccccc23)cc1. The van der Waals surface area contributed by atoms with Crippen molar-refractivity contribution in [1.82, 2.24) is 0 Å². The number of furan rings is 1. The molecule has 56 heavy (non-hydrogen) atoms. The fourth-order valence-electron chi connectivity index (χ4n) is 9.61. The second kappa shape index (κ2) is 12.1. The van der Waals surface area contributed by atoms with E-state index in [0.717, 1.165) is 39.0 Å². The Labute approximate surface area is 329 Å². The van der Waals surface area contributed by atoms with Gasteiger partial charge in [-0.3, -0.25) is 0 Å². The van der Waals surface area contributed by atoms with Gasteiger partial charge in [-0.1, -0.05) is 163 Å². The van der Waals surface area contributed by atoms with E-state index in [2.05, 4.69) is 193 Å². The van der Waals surface area contributed by atoms with Crippen LogP contribution in [0.5, 0.6) is 0 Å². The first-order chi connectivity index (χ1) is 27.8. The second-order valence-electron chi connectivity index (χ2n) is 14.8. The van der Waals surface area contributed by atoms with Crippen LogP contribution in [0.3, 0.4) is 0 Å². The predicted octanol–water partition coefficient (Wildman–Crippen LogP) is 14.7. The van der Waals surface area contributed by atoms with Crippen LogP contribution < -0.4 is 4.90 Å². The van der Waals surface area contributed by atoms with Gasteiger partial charge in [0, 0.05) is 31.9 Å². The molecule has 0 atom stereocenters. The van der Waals surface area contributed by atoms with Crippen LogP contribution in [0.1, 0.15) is 22.3 Å². The van der Waals surface area contributed by atoms with E-state index in [4.69, 9.17) is 4.42 Å². The highest BCUT2D eigenvalue weighted by atomic mass is 32.2. The third-order valence-corrected chi connectivity index (χ3v) is 13.1. The topological polar surface area (TPSA) is 16.4 Å². The Hall–Kier alpha value is -6.81. The van der Waals surface area contributed by atoms with Crippen molar-refractivity contribution in [3.05, 3.63) is 222 Å². The molecule has 0 saturated heterocycles. The normalized spacial score (nSPS) is 13.4. The van der Waals surface area contributed by atoms with Crippen molar-refractivity contribution < 1.29 is 4.42 Å². The van der Waals surface area contributed by atoms with Gasteiger partial charge in [-0.2, -0.15) is 0 Å². The Morgan fingerprint density at radius 2 is 1.00 bits per heavy atom. The molecular weight excluding hydrogens is 699 g/mol. The number of anilines is 3. The Bertz CT molecular complexity index is 3130. The van der Waals surface area contributed by atoms with E-state index in [1.54, 1.807) is 0 Å². The van der Waals surface area contributed by atoms with Crippen molar-refractivity contribution in [3.8, 4) is 22.3 Å². The Balaban J connectivity index is 1.08. The van der Waals surface area contributed by atoms with Crippen LogP contribution in [0, 0.1) is 0 Å². The molecule has 2 heterocycles. The number of fused-ring (bicyclic) bond motifs is 14. The minimum atomic E-state index is -0.446. The van der Waals surface area contributed by atoms with Crippen molar-refractivity contribution >= 4 is 61.5 Å². The molecular formula is C53H33NOS. The average molecular weight is 732 g/mol. The number of hydrogen-bond acceptors (Lipinski definition) is 3. The van der Waals surface area contributed by atoms with Crippen LogP contribution in [-0.2, 0) is 5.41 Å². The van der Waals surface area contributed by atoms with Crippen LogP contribution in [0.4, 0.5) is 17.1 Å². The lowest BCUT2D eigenvalue weighted by molar-refractivity contribution is 0.669. The van der Waals surface area contributed by atoms with E-state index < -0.39 is 5.41 Å². The summed E-state index contributed by atoms with van der Waals surface area (Å²) in [6, 6.07) is 73.1. The van der Waals surface area contributed by atoms with Crippen LogP contribution in [0.25, 0.3) is 55.0 Å². The van der Waals surface area contributed by atoms with Gasteiger partial charge in [-0.25, -0.2) is 0 Å². The molecule has 1 aliphatic heterocycles. The van der Waals surface area contributed by atoms with Crippen LogP contribution in [0.2, 0.25) is 0 Å². The van der Waals surface area contributed by atoms with E-state index >= 15 is 0 Å². The van der Waals surface area contributed by atoms with Gasteiger partial charge >= 0.3 is 0 Å². The summed E-state index contributed by atoms with van der Waals surface area (Å²) in [5.41, 5.74) is 14.9. The van der Waals surface area contributed by atoms with Crippen LogP contribution in [-0.4, -0.2) is 0 Å². The second-order valence-corrected chi connectivity index (χ2v) is 15.8. The zero-order valence-electron chi connectivity index (χ0n) is 30.3. The first-order valence-electron chi connectivity index (χ1n) is 19.2. The zero-order chi connectivity index (χ0) is 36.8. The van der Waals surface area contributed by atoms with Crippen molar-refractivity contribution in [3.63, 3.8) is 0 Å². The van der Waals surface area contributed by atoms with E-state index in [-0.39, 0.29) is 0 Å². The fourth-order valence-corrected chi connectivity index (χ4v) is 10.9. The van der Waals surface area contributed by atoms with Gasteiger partial charge in [-0.15, -0.1) is 0 Å². The lowest BCUT2D eigenvalue weighted by Gasteiger charge is -2.40. The average Bonchev–Trinajstić information content (AvgIpc) is 3.79. The number of benzene rings is 9. The molecule has 0 saturated carbocycles. The summed E-state index contributed by atoms with van der Waals surface area (Å²) >= 11 is 1.91. The molecule has 2 aliphatic rings. The minimum Gasteiger partial charge on any atom is -0.454 e. The Kier molecular flexibility index (Phi) is 6.81. The lowest BCUT2D eigenvalue weighted by Crippen LogP contribution is -2.32. The largest absolute Gasteiger partial charge is 0.454 e. The molecule has 0 radical (unpaired) electrons. The van der Waals surface area contributed by atoms with E-state index in [0.29, 0.717) is 0 Å². The van der Waals surface area contributed by atoms with Gasteiger partial charge in [0.05, 0.1) is 11.1 Å². The molecule has 0 bridgehead atoms. The molecule has 1 spiro atoms. The summed E-state index contributed by atoms with van der Waals surface area (Å²) in [6.07, 6.45) is 0. The first kappa shape index (κ1) is 31.5. The maximum absolute atomic E-state index is 6.58. The predicted molar refractivity (Wildman–Crippen MR) is 233 cm³/mol. The zero-order valence-corrected chi connectivity index (χ0v) is 31.1. The maximum Gasteiger partial charge on any atom is 0.159 e. The molecule has 10 aromatic rings. The summed E-state index contributed by atoms with van der Waals surface area (Å²) in [4.78, 5) is 4.96. The lowest BCUT2D eigenvalue weighted by atomic mass is 9.66. The highest BCUT2D eigenvalue weighted by Crippen LogP contribution is 2.63. The molecule has 0 N–H and O–H groups in total. The molecule has 2 nitrogen and oxygen atoms in total. The van der Waals surface area contributed by atoms with Crippen molar-refractivity contribution in [2.45, 2.75) is 15.2 Å². The Morgan fingerprint density at radius 3 is 1.77 bits per heavy atom. The molecule has 1 aliphatic carbocycles. The van der Waals surface area contributed by atoms with E-state index in [1.807, 2.05) is 23.9 Å². The van der Waals surface area contributed by atoms with Gasteiger partial charge in [0.15, 0.2) is 5.58 Å². The van der Waals surface area contributed by atoms with Gasteiger partial charge in [0.1, 0.15) is 5.58 Å². The van der Waals surface area contributed by atoms with Crippen molar-refractivity contribution in [1.29, 1.82) is 0 Å². The van der Waals surface area contributed by atoms with E-state index in [1.165, 1.54) is 65.1 Å². The quantitative estimate of drug-likeness (QED) is 0.179. The molecule has 0 unspecified atom stereocenters. The molecule has 1 aromatic heterocycles. The molecule has 3 heteroatoms. The molecule has 0 amide bonds. The van der Waals surface area contributed by atoms with Crippen molar-refractivity contribution in [2.75, 3.05) is 4.90 Å². The number of rotatable bonds is 4. The van der Waals surface area contributed by atoms with Crippen LogP contribution >= 0.6 is 11.8 Å². The monoisotopic (exact) mass is 731 g/mol. The Morgan fingerprint density at radius 1 is 0.411 bits per heavy atom. The summed E-state index contributed by atoms with van der Waals surface area (Å²) in [5.74, 6) is 0. The summed E-state index contributed by atoms with van der Waals surface area (Å²) < 4.78 is 6.58. The number of para-hydroxylation sites is 3. The molecule has 262 valence electrons. The molecule has 12 rings (SSSR count). The summed E-state index contributed by atoms with van der Waals surface area (Å²) in [5, 5.41) is 4.78. The highest BCUT2D eigenvalue weighted by Gasteiger charge is 2.50. The maximum atomic E-state index is 6.58. The molecule has 9 aromatic carbocycles. The first-order valence-corrected chi connectivity index (χ1v) is 20.0. The van der Waals surface area contributed by atoms with Gasteiger partial charge in [0.25, 0.3) is 0 Å². The fraction of sp³-hybridized carbons (Fsp3) is 0.0189. The highest BCUT2D eigenvalue weighted by molar-refractivity contribution is 7.99. The minimum absolute atomic E-state index is 0.446. The standard InChI is InChI=1S/C53H33NOS/c1-2-15-35(16-3-1)54(48-26-14-22-41-40-20-8-12-27-49(40)55-51(41)48)36-31-29-34(30-32-36)43-33-47-52(42-21-5-4-17-37(42)43)56-50-28-13-11-25-46(50)53(47)44-23-9-6-18-38(44)39-19-7-10-24-45(39)53/h1-33H. The molecule has 0 fully saturated rings.